The Hall–Kier alpha value is -0.550. The second kappa shape index (κ2) is 6.27. The standard InChI is InChI=1S/C9H14ClN3O5S/c1-17-7-4(11-9-12-8(10)13-19-9)6(16)5(15)3(2-14)18-7/h3-7,14-16H,2H2,1H3,(H,11,12,13)/t3-,4+,5+,6-,7-/m1/s1. The average molecular weight is 312 g/mol. The highest BCUT2D eigenvalue weighted by Gasteiger charge is 2.44. The van der Waals surface area contributed by atoms with Gasteiger partial charge in [0.15, 0.2) is 6.29 Å². The molecule has 0 saturated carbocycles. The number of nitrogens with zero attached hydrogens (tertiary/aromatic N) is 2. The van der Waals surface area contributed by atoms with Crippen LogP contribution in [0.2, 0.25) is 5.28 Å². The topological polar surface area (TPSA) is 117 Å². The SMILES string of the molecule is CO[C@@H]1O[C@H](CO)[C@H](O)[C@H](O)[C@@H]1Nc1nc(Cl)ns1. The fourth-order valence-electron chi connectivity index (χ4n) is 1.84. The van der Waals surface area contributed by atoms with Crippen molar-refractivity contribution in [2.75, 3.05) is 19.0 Å². The Labute approximate surface area is 118 Å². The van der Waals surface area contributed by atoms with Gasteiger partial charge >= 0.3 is 0 Å². The fourth-order valence-corrected chi connectivity index (χ4v) is 2.60. The molecule has 4 N–H and O–H groups in total. The van der Waals surface area contributed by atoms with Crippen LogP contribution in [-0.4, -0.2) is 69.0 Å². The van der Waals surface area contributed by atoms with Crippen molar-refractivity contribution in [3.05, 3.63) is 5.28 Å². The van der Waals surface area contributed by atoms with Crippen molar-refractivity contribution in [1.29, 1.82) is 0 Å². The normalized spacial score (nSPS) is 35.3. The summed E-state index contributed by atoms with van der Waals surface area (Å²) in [6.07, 6.45) is -4.19. The maximum absolute atomic E-state index is 10.0. The number of halogens is 1. The van der Waals surface area contributed by atoms with E-state index in [0.29, 0.717) is 5.13 Å². The number of hydrogen-bond acceptors (Lipinski definition) is 9. The molecule has 2 heterocycles. The van der Waals surface area contributed by atoms with E-state index in [1.54, 1.807) is 0 Å². The quantitative estimate of drug-likeness (QED) is 0.563. The Kier molecular flexibility index (Phi) is 4.90. The van der Waals surface area contributed by atoms with E-state index in [2.05, 4.69) is 14.7 Å². The average Bonchev–Trinajstić information content (AvgIpc) is 2.81. The van der Waals surface area contributed by atoms with Gasteiger partial charge in [0.05, 0.1) is 6.61 Å². The smallest absolute Gasteiger partial charge is 0.236 e. The van der Waals surface area contributed by atoms with Crippen molar-refractivity contribution < 1.29 is 24.8 Å². The van der Waals surface area contributed by atoms with Crippen LogP contribution in [0, 0.1) is 0 Å². The summed E-state index contributed by atoms with van der Waals surface area (Å²) in [5.74, 6) is 0. The lowest BCUT2D eigenvalue weighted by atomic mass is 9.97. The summed E-state index contributed by atoms with van der Waals surface area (Å²) >= 11 is 6.61. The van der Waals surface area contributed by atoms with Crippen molar-refractivity contribution in [3.63, 3.8) is 0 Å². The molecule has 0 unspecified atom stereocenters. The van der Waals surface area contributed by atoms with Gasteiger partial charge in [-0.25, -0.2) is 0 Å². The van der Waals surface area contributed by atoms with E-state index >= 15 is 0 Å². The van der Waals surface area contributed by atoms with Gasteiger partial charge in [-0.1, -0.05) is 0 Å². The summed E-state index contributed by atoms with van der Waals surface area (Å²) < 4.78 is 14.2. The molecule has 0 aliphatic carbocycles. The summed E-state index contributed by atoms with van der Waals surface area (Å²) in [4.78, 5) is 3.88. The van der Waals surface area contributed by atoms with Gasteiger partial charge in [0.25, 0.3) is 0 Å². The van der Waals surface area contributed by atoms with Crippen LogP contribution < -0.4 is 5.32 Å². The molecule has 108 valence electrons. The maximum Gasteiger partial charge on any atom is 0.236 e. The third-order valence-corrected chi connectivity index (χ3v) is 3.72. The minimum absolute atomic E-state index is 0.0847. The zero-order valence-corrected chi connectivity index (χ0v) is 11.5. The third kappa shape index (κ3) is 3.14. The zero-order chi connectivity index (χ0) is 14.0. The van der Waals surface area contributed by atoms with Crippen molar-refractivity contribution in [3.8, 4) is 0 Å². The first-order valence-corrected chi connectivity index (χ1v) is 6.63. The Balaban J connectivity index is 2.12. The van der Waals surface area contributed by atoms with Gasteiger partial charge in [-0.2, -0.15) is 9.36 Å². The molecule has 1 aliphatic rings. The number of aromatic nitrogens is 2. The maximum atomic E-state index is 10.0. The first kappa shape index (κ1) is 14.9. The van der Waals surface area contributed by atoms with Gasteiger partial charge in [-0.3, -0.25) is 0 Å². The van der Waals surface area contributed by atoms with Crippen LogP contribution in [0.5, 0.6) is 0 Å². The number of ether oxygens (including phenoxy) is 2. The summed E-state index contributed by atoms with van der Waals surface area (Å²) in [6.45, 7) is -0.421. The molecule has 19 heavy (non-hydrogen) atoms. The number of aliphatic hydroxyl groups is 3. The lowest BCUT2D eigenvalue weighted by Gasteiger charge is -2.41. The lowest BCUT2D eigenvalue weighted by Crippen LogP contribution is -2.61. The minimum atomic E-state index is -1.24. The van der Waals surface area contributed by atoms with Crippen molar-refractivity contribution >= 4 is 28.3 Å². The summed E-state index contributed by atoms with van der Waals surface area (Å²) in [5.41, 5.74) is 0. The predicted molar refractivity (Wildman–Crippen MR) is 67.1 cm³/mol. The monoisotopic (exact) mass is 311 g/mol. The van der Waals surface area contributed by atoms with Gasteiger partial charge in [0.1, 0.15) is 24.4 Å². The Bertz CT molecular complexity index is 420. The van der Waals surface area contributed by atoms with Gasteiger partial charge in [-0.05, 0) is 11.6 Å². The van der Waals surface area contributed by atoms with Crippen LogP contribution in [0.4, 0.5) is 5.13 Å². The molecule has 2 rings (SSSR count). The van der Waals surface area contributed by atoms with Gasteiger partial charge in [0, 0.05) is 18.6 Å². The number of anilines is 1. The largest absolute Gasteiger partial charge is 0.394 e. The van der Waals surface area contributed by atoms with Crippen LogP contribution in [-0.2, 0) is 9.47 Å². The molecule has 10 heteroatoms. The molecule has 0 radical (unpaired) electrons. The number of rotatable bonds is 4. The predicted octanol–water partition coefficient (Wildman–Crippen LogP) is -0.943. The molecule has 0 bridgehead atoms. The number of hydrogen-bond donors (Lipinski definition) is 4. The van der Waals surface area contributed by atoms with Crippen molar-refractivity contribution in [2.24, 2.45) is 0 Å². The molecule has 0 aromatic carbocycles. The van der Waals surface area contributed by atoms with Crippen LogP contribution >= 0.6 is 23.1 Å². The second-order valence-corrected chi connectivity index (χ2v) is 5.07. The summed E-state index contributed by atoms with van der Waals surface area (Å²) in [5, 5.41) is 32.2. The Morgan fingerprint density at radius 2 is 2.21 bits per heavy atom. The molecular weight excluding hydrogens is 298 g/mol. The van der Waals surface area contributed by atoms with E-state index in [-0.39, 0.29) is 5.28 Å². The molecule has 8 nitrogen and oxygen atoms in total. The Morgan fingerprint density at radius 3 is 2.74 bits per heavy atom. The molecule has 0 spiro atoms. The molecule has 1 aromatic rings. The highest BCUT2D eigenvalue weighted by Crippen LogP contribution is 2.25. The van der Waals surface area contributed by atoms with Crippen LogP contribution in [0.1, 0.15) is 0 Å². The van der Waals surface area contributed by atoms with Gasteiger partial charge in [-0.15, -0.1) is 0 Å². The molecule has 0 amide bonds. The van der Waals surface area contributed by atoms with Gasteiger partial charge < -0.3 is 30.1 Å². The first-order valence-electron chi connectivity index (χ1n) is 5.47. The number of methoxy groups -OCH3 is 1. The Morgan fingerprint density at radius 1 is 1.47 bits per heavy atom. The number of aliphatic hydroxyl groups excluding tert-OH is 3. The zero-order valence-electron chi connectivity index (χ0n) is 9.93. The van der Waals surface area contributed by atoms with Crippen LogP contribution in [0.25, 0.3) is 0 Å². The second-order valence-electron chi connectivity index (χ2n) is 3.98. The summed E-state index contributed by atoms with van der Waals surface area (Å²) in [6, 6.07) is -0.758. The molecular formula is C9H14ClN3O5S. The van der Waals surface area contributed by atoms with Gasteiger partial charge in [0.2, 0.25) is 10.4 Å². The number of nitrogens with one attached hydrogen (secondary N) is 1. The van der Waals surface area contributed by atoms with E-state index in [1.165, 1.54) is 7.11 Å². The van der Waals surface area contributed by atoms with E-state index in [4.69, 9.17) is 26.2 Å². The van der Waals surface area contributed by atoms with E-state index < -0.39 is 37.3 Å². The molecule has 5 atom stereocenters. The molecule has 1 aromatic heterocycles. The third-order valence-electron chi connectivity index (χ3n) is 2.80. The molecule has 1 saturated heterocycles. The van der Waals surface area contributed by atoms with Crippen molar-refractivity contribution in [1.82, 2.24) is 9.36 Å². The van der Waals surface area contributed by atoms with E-state index in [0.717, 1.165) is 11.5 Å². The highest BCUT2D eigenvalue weighted by molar-refractivity contribution is 7.09. The van der Waals surface area contributed by atoms with Crippen LogP contribution in [0.3, 0.4) is 0 Å². The summed E-state index contributed by atoms with van der Waals surface area (Å²) in [7, 11) is 1.39. The minimum Gasteiger partial charge on any atom is -0.394 e. The molecule has 1 aliphatic heterocycles. The first-order chi connectivity index (χ1) is 9.06. The fraction of sp³-hybridized carbons (Fsp3) is 0.778. The highest BCUT2D eigenvalue weighted by atomic mass is 35.5. The van der Waals surface area contributed by atoms with E-state index in [9.17, 15) is 10.2 Å². The van der Waals surface area contributed by atoms with E-state index in [1.807, 2.05) is 0 Å². The molecule has 1 fully saturated rings. The van der Waals surface area contributed by atoms with Crippen molar-refractivity contribution in [2.45, 2.75) is 30.6 Å². The van der Waals surface area contributed by atoms with Crippen LogP contribution in [0.15, 0.2) is 0 Å². The lowest BCUT2D eigenvalue weighted by molar-refractivity contribution is -0.254.